The molecule has 3 rings (SSSR count). The summed E-state index contributed by atoms with van der Waals surface area (Å²) in [7, 11) is 0. The van der Waals surface area contributed by atoms with E-state index in [0.717, 1.165) is 27.7 Å². The van der Waals surface area contributed by atoms with Crippen LogP contribution in [0.2, 0.25) is 5.02 Å². The molecule has 1 heterocycles. The number of H-pyrrole nitrogens is 1. The fraction of sp³-hybridized carbons (Fsp3) is 0.273. The van der Waals surface area contributed by atoms with E-state index in [0.29, 0.717) is 25.9 Å². The summed E-state index contributed by atoms with van der Waals surface area (Å²) < 4.78 is 5.71. The van der Waals surface area contributed by atoms with Gasteiger partial charge in [-0.3, -0.25) is 4.79 Å². The molecule has 0 fully saturated rings. The first-order valence-electron chi connectivity index (χ1n) is 9.33. The van der Waals surface area contributed by atoms with E-state index in [4.69, 9.17) is 16.3 Å². The number of amides is 1. The Morgan fingerprint density at radius 2 is 2.07 bits per heavy atom. The van der Waals surface area contributed by atoms with Gasteiger partial charge in [0.15, 0.2) is 0 Å². The lowest BCUT2D eigenvalue weighted by atomic mass is 10.0. The molecule has 0 aliphatic carbocycles. The number of aryl methyl sites for hydroxylation is 1. The second-order valence-corrected chi connectivity index (χ2v) is 7.04. The van der Waals surface area contributed by atoms with Crippen molar-refractivity contribution in [1.29, 1.82) is 0 Å². The van der Waals surface area contributed by atoms with E-state index < -0.39 is 0 Å². The first-order chi connectivity index (χ1) is 13.6. The van der Waals surface area contributed by atoms with Crippen molar-refractivity contribution in [3.05, 3.63) is 82.9 Å². The molecule has 3 aromatic rings. The van der Waals surface area contributed by atoms with E-state index >= 15 is 0 Å². The Kier molecular flexibility index (Phi) is 7.09. The minimum Gasteiger partial charge on any atom is -0.494 e. The number of hydrogen-bond acceptors (Lipinski definition) is 3. The molecule has 6 heteroatoms. The maximum Gasteiger partial charge on any atom is 0.220 e. The lowest BCUT2D eigenvalue weighted by Gasteiger charge is -2.18. The molecule has 0 saturated carbocycles. The number of aromatic nitrogens is 2. The molecule has 28 heavy (non-hydrogen) atoms. The zero-order valence-electron chi connectivity index (χ0n) is 15.8. The number of ether oxygens (including phenoxy) is 1. The average molecular weight is 398 g/mol. The molecule has 0 spiro atoms. The van der Waals surface area contributed by atoms with E-state index in [-0.39, 0.29) is 11.9 Å². The molecule has 0 aliphatic heterocycles. The molecule has 2 aromatic carbocycles. The van der Waals surface area contributed by atoms with E-state index in [1.54, 1.807) is 12.4 Å². The Hall–Kier alpha value is -2.79. The molecule has 1 amide bonds. The summed E-state index contributed by atoms with van der Waals surface area (Å²) in [6.45, 7) is 2.41. The van der Waals surface area contributed by atoms with Gasteiger partial charge in [0.05, 0.1) is 12.6 Å². The quantitative estimate of drug-likeness (QED) is 0.517. The topological polar surface area (TPSA) is 67.0 Å². The second kappa shape index (κ2) is 9.95. The van der Waals surface area contributed by atoms with Gasteiger partial charge in [0.1, 0.15) is 11.6 Å². The highest BCUT2D eigenvalue weighted by Crippen LogP contribution is 2.21. The lowest BCUT2D eigenvalue weighted by Crippen LogP contribution is -2.30. The van der Waals surface area contributed by atoms with Crippen LogP contribution in [0, 0.1) is 6.92 Å². The first-order valence-corrected chi connectivity index (χ1v) is 9.71. The molecule has 0 aliphatic rings. The molecule has 5 nitrogen and oxygen atoms in total. The van der Waals surface area contributed by atoms with Crippen LogP contribution >= 0.6 is 11.6 Å². The van der Waals surface area contributed by atoms with Gasteiger partial charge in [-0.05, 0) is 42.7 Å². The van der Waals surface area contributed by atoms with Gasteiger partial charge in [-0.15, -0.1) is 0 Å². The number of imidazole rings is 1. The summed E-state index contributed by atoms with van der Waals surface area (Å²) in [4.78, 5) is 19.8. The maximum atomic E-state index is 12.5. The van der Waals surface area contributed by atoms with E-state index in [2.05, 4.69) is 15.3 Å². The highest BCUT2D eigenvalue weighted by molar-refractivity contribution is 6.31. The van der Waals surface area contributed by atoms with Gasteiger partial charge < -0.3 is 15.0 Å². The minimum absolute atomic E-state index is 0.00343. The van der Waals surface area contributed by atoms with Crippen LogP contribution in [0.25, 0.3) is 0 Å². The summed E-state index contributed by atoms with van der Waals surface area (Å²) >= 11 is 6.02. The van der Waals surface area contributed by atoms with Crippen molar-refractivity contribution in [1.82, 2.24) is 15.3 Å². The van der Waals surface area contributed by atoms with Crippen molar-refractivity contribution >= 4 is 17.5 Å². The Labute approximate surface area is 170 Å². The molecule has 2 N–H and O–H groups in total. The van der Waals surface area contributed by atoms with Crippen molar-refractivity contribution in [2.24, 2.45) is 0 Å². The van der Waals surface area contributed by atoms with Crippen LogP contribution < -0.4 is 10.1 Å². The number of nitrogens with one attached hydrogen (secondary N) is 2. The van der Waals surface area contributed by atoms with Gasteiger partial charge >= 0.3 is 0 Å². The van der Waals surface area contributed by atoms with Crippen LogP contribution in [0.15, 0.2) is 60.9 Å². The Morgan fingerprint density at radius 1 is 1.25 bits per heavy atom. The van der Waals surface area contributed by atoms with Crippen LogP contribution in [0.3, 0.4) is 0 Å². The summed E-state index contributed by atoms with van der Waals surface area (Å²) in [6.07, 6.45) is 5.15. The second-order valence-electron chi connectivity index (χ2n) is 6.63. The molecule has 1 aromatic heterocycles. The normalized spacial score (nSPS) is 11.8. The van der Waals surface area contributed by atoms with Crippen LogP contribution in [0.4, 0.5) is 0 Å². The molecule has 146 valence electrons. The zero-order chi connectivity index (χ0) is 19.8. The summed E-state index contributed by atoms with van der Waals surface area (Å²) in [6, 6.07) is 15.4. The van der Waals surface area contributed by atoms with Crippen LogP contribution in [0.5, 0.6) is 5.75 Å². The lowest BCUT2D eigenvalue weighted by molar-refractivity contribution is -0.122. The third-order valence-corrected chi connectivity index (χ3v) is 4.86. The Balaban J connectivity index is 1.50. The number of carbonyl (C=O) groups excluding carboxylic acids is 1. The van der Waals surface area contributed by atoms with Gasteiger partial charge in [-0.1, -0.05) is 41.9 Å². The Bertz CT molecular complexity index is 882. The zero-order valence-corrected chi connectivity index (χ0v) is 16.6. The van der Waals surface area contributed by atoms with Gasteiger partial charge in [0.25, 0.3) is 0 Å². The van der Waals surface area contributed by atoms with Crippen molar-refractivity contribution in [2.45, 2.75) is 32.2 Å². The minimum atomic E-state index is -0.125. The highest BCUT2D eigenvalue weighted by Gasteiger charge is 2.16. The smallest absolute Gasteiger partial charge is 0.220 e. The fourth-order valence-corrected chi connectivity index (χ4v) is 3.05. The SMILES string of the molecule is Cc1cc(OCCCC(=O)N[C@H](Cc2ncc[nH]2)c2ccccc2)ccc1Cl. The van der Waals surface area contributed by atoms with Gasteiger partial charge in [-0.25, -0.2) is 4.98 Å². The van der Waals surface area contributed by atoms with Crippen molar-refractivity contribution in [3.63, 3.8) is 0 Å². The van der Waals surface area contributed by atoms with E-state index in [1.165, 1.54) is 0 Å². The third-order valence-electron chi connectivity index (χ3n) is 4.44. The monoisotopic (exact) mass is 397 g/mol. The number of benzene rings is 2. The van der Waals surface area contributed by atoms with E-state index in [1.807, 2.05) is 55.5 Å². The molecule has 0 saturated heterocycles. The van der Waals surface area contributed by atoms with E-state index in [9.17, 15) is 4.79 Å². The highest BCUT2D eigenvalue weighted by atomic mass is 35.5. The number of rotatable bonds is 9. The summed E-state index contributed by atoms with van der Waals surface area (Å²) in [5.41, 5.74) is 2.03. The summed E-state index contributed by atoms with van der Waals surface area (Å²) in [5.74, 6) is 1.61. The number of carbonyl (C=O) groups is 1. The fourth-order valence-electron chi connectivity index (χ4n) is 2.94. The first kappa shape index (κ1) is 20.0. The van der Waals surface area contributed by atoms with Crippen LogP contribution in [0.1, 0.15) is 35.8 Å². The number of aromatic amines is 1. The molecular weight excluding hydrogens is 374 g/mol. The number of nitrogens with zero attached hydrogens (tertiary/aromatic N) is 1. The van der Waals surface area contributed by atoms with Crippen LogP contribution in [-0.4, -0.2) is 22.5 Å². The largest absolute Gasteiger partial charge is 0.494 e. The Morgan fingerprint density at radius 3 is 2.79 bits per heavy atom. The van der Waals surface area contributed by atoms with Gasteiger partial charge in [0.2, 0.25) is 5.91 Å². The van der Waals surface area contributed by atoms with Crippen molar-refractivity contribution in [2.75, 3.05) is 6.61 Å². The van der Waals surface area contributed by atoms with Crippen molar-refractivity contribution in [3.8, 4) is 5.75 Å². The number of halogens is 1. The maximum absolute atomic E-state index is 12.5. The van der Waals surface area contributed by atoms with Gasteiger partial charge in [0, 0.05) is 30.3 Å². The predicted octanol–water partition coefficient (Wildman–Crippen LogP) is 4.63. The standard InChI is InChI=1S/C22H24ClN3O2/c1-16-14-18(9-10-19(16)23)28-13-5-8-22(27)26-20(15-21-24-11-12-25-21)17-6-3-2-4-7-17/h2-4,6-7,9-12,14,20H,5,8,13,15H2,1H3,(H,24,25)(H,26,27)/t20-/m1/s1. The van der Waals surface area contributed by atoms with Gasteiger partial charge in [-0.2, -0.15) is 0 Å². The molecule has 0 bridgehead atoms. The number of hydrogen-bond donors (Lipinski definition) is 2. The third kappa shape index (κ3) is 5.86. The van der Waals surface area contributed by atoms with Crippen molar-refractivity contribution < 1.29 is 9.53 Å². The molecule has 0 unspecified atom stereocenters. The molecule has 1 atom stereocenters. The molecular formula is C22H24ClN3O2. The molecule has 0 radical (unpaired) electrons. The average Bonchev–Trinajstić information content (AvgIpc) is 3.21. The summed E-state index contributed by atoms with van der Waals surface area (Å²) in [5, 5.41) is 3.83. The predicted molar refractivity (Wildman–Crippen MR) is 111 cm³/mol. The van der Waals surface area contributed by atoms with Crippen LogP contribution in [-0.2, 0) is 11.2 Å².